The first-order valence-corrected chi connectivity index (χ1v) is 4.44. The van der Waals surface area contributed by atoms with E-state index in [9.17, 15) is 20.2 Å². The molecule has 1 aromatic carbocycles. The summed E-state index contributed by atoms with van der Waals surface area (Å²) in [4.78, 5) is 19.6. The van der Waals surface area contributed by atoms with Crippen LogP contribution in [0.3, 0.4) is 0 Å². The Hall–Kier alpha value is -2.09. The van der Waals surface area contributed by atoms with Crippen LogP contribution in [0.4, 0.5) is 11.4 Å². The van der Waals surface area contributed by atoms with Crippen LogP contribution in [0.25, 0.3) is 0 Å². The van der Waals surface area contributed by atoms with Gasteiger partial charge in [-0.3, -0.25) is 20.2 Å². The number of benzene rings is 1. The predicted octanol–water partition coefficient (Wildman–Crippen LogP) is 2.23. The lowest BCUT2D eigenvalue weighted by atomic mass is 10.2. The van der Waals surface area contributed by atoms with Gasteiger partial charge in [0.05, 0.1) is 9.85 Å². The van der Waals surface area contributed by atoms with E-state index < -0.39 is 21.2 Å². The molecule has 0 aliphatic heterocycles. The fourth-order valence-corrected chi connectivity index (χ4v) is 1.17. The summed E-state index contributed by atoms with van der Waals surface area (Å²) in [7, 11) is 0. The second kappa shape index (κ2) is 4.62. The van der Waals surface area contributed by atoms with Crippen LogP contribution in [0.1, 0.15) is 6.92 Å². The molecule has 0 aliphatic carbocycles. The first kappa shape index (κ1) is 12.0. The summed E-state index contributed by atoms with van der Waals surface area (Å²) in [6.45, 7) is 1.41. The molecule has 84 valence electrons. The zero-order valence-corrected chi connectivity index (χ0v) is 8.89. The van der Waals surface area contributed by atoms with Crippen LogP contribution in [0, 0.1) is 20.2 Å². The highest BCUT2D eigenvalue weighted by Gasteiger charge is 2.29. The molecular formula is C8H6N2O5S. The Kier molecular flexibility index (Phi) is 3.46. The lowest BCUT2D eigenvalue weighted by Gasteiger charge is -2.03. The number of nitrogens with zero attached hydrogens (tertiary/aromatic N) is 2. The van der Waals surface area contributed by atoms with Gasteiger partial charge in [-0.05, 0) is 18.3 Å². The second-order valence-corrected chi connectivity index (χ2v) is 3.31. The van der Waals surface area contributed by atoms with Gasteiger partial charge in [0.25, 0.3) is 0 Å². The molecule has 0 saturated heterocycles. The van der Waals surface area contributed by atoms with E-state index in [2.05, 4.69) is 12.2 Å². The molecule has 0 aliphatic rings. The smallest absolute Gasteiger partial charge is 0.388 e. The molecule has 0 atom stereocenters. The summed E-state index contributed by atoms with van der Waals surface area (Å²) in [6.07, 6.45) is 0. The maximum absolute atomic E-state index is 10.7. The van der Waals surface area contributed by atoms with Gasteiger partial charge in [0, 0.05) is 13.0 Å². The predicted molar refractivity (Wildman–Crippen MR) is 58.7 cm³/mol. The van der Waals surface area contributed by atoms with Crippen molar-refractivity contribution in [2.24, 2.45) is 0 Å². The largest absolute Gasteiger partial charge is 0.443 e. The molecule has 1 aromatic rings. The summed E-state index contributed by atoms with van der Waals surface area (Å²) in [6, 6.07) is 3.57. The van der Waals surface area contributed by atoms with Crippen LogP contribution in [0.15, 0.2) is 18.2 Å². The minimum absolute atomic E-state index is 0.0450. The Bertz CT molecular complexity index is 473. The first-order chi connectivity index (χ1) is 7.43. The number of nitro groups is 2. The van der Waals surface area contributed by atoms with E-state index in [0.717, 1.165) is 6.07 Å². The van der Waals surface area contributed by atoms with Crippen LogP contribution >= 0.6 is 12.2 Å². The Balaban J connectivity index is 3.38. The number of hydrogen-bond acceptors (Lipinski definition) is 6. The lowest BCUT2D eigenvalue weighted by molar-refractivity contribution is -0.422. The minimum atomic E-state index is -0.869. The van der Waals surface area contributed by atoms with Gasteiger partial charge >= 0.3 is 11.4 Å². The lowest BCUT2D eigenvalue weighted by Crippen LogP contribution is -2.04. The molecule has 0 bridgehead atoms. The third-order valence-electron chi connectivity index (χ3n) is 1.61. The van der Waals surface area contributed by atoms with E-state index in [0.29, 0.717) is 0 Å². The van der Waals surface area contributed by atoms with Crippen LogP contribution in [-0.2, 0) is 0 Å². The molecule has 0 saturated carbocycles. The van der Waals surface area contributed by atoms with Gasteiger partial charge in [-0.15, -0.1) is 0 Å². The maximum Gasteiger partial charge on any atom is 0.388 e. The number of ether oxygens (including phenoxy) is 1. The number of nitro benzene ring substituents is 2. The highest BCUT2D eigenvalue weighted by molar-refractivity contribution is 7.80. The molecule has 0 amide bonds. The molecule has 0 spiro atoms. The Morgan fingerprint density at radius 2 is 1.94 bits per heavy atom. The second-order valence-electron chi connectivity index (χ2n) is 2.73. The van der Waals surface area contributed by atoms with Crippen molar-refractivity contribution in [3.8, 4) is 5.75 Å². The Morgan fingerprint density at radius 3 is 2.38 bits per heavy atom. The normalized spacial score (nSPS) is 9.56. The highest BCUT2D eigenvalue weighted by Crippen LogP contribution is 2.36. The van der Waals surface area contributed by atoms with Gasteiger partial charge in [0.2, 0.25) is 5.75 Å². The van der Waals surface area contributed by atoms with Gasteiger partial charge in [0.15, 0.2) is 5.05 Å². The average Bonchev–Trinajstić information content (AvgIpc) is 2.15. The third kappa shape index (κ3) is 2.48. The molecule has 1 rings (SSSR count). The highest BCUT2D eigenvalue weighted by atomic mass is 32.1. The zero-order valence-electron chi connectivity index (χ0n) is 8.08. The molecule has 0 N–H and O–H groups in total. The molecule has 8 heteroatoms. The summed E-state index contributed by atoms with van der Waals surface area (Å²) < 4.78 is 4.88. The molecule has 0 heterocycles. The molecule has 0 fully saturated rings. The van der Waals surface area contributed by atoms with E-state index in [1.807, 2.05) is 0 Å². The van der Waals surface area contributed by atoms with Crippen molar-refractivity contribution >= 4 is 28.6 Å². The minimum Gasteiger partial charge on any atom is -0.443 e. The van der Waals surface area contributed by atoms with Crippen LogP contribution in [-0.4, -0.2) is 14.9 Å². The van der Waals surface area contributed by atoms with E-state index in [1.165, 1.54) is 19.1 Å². The van der Waals surface area contributed by atoms with E-state index in [-0.39, 0.29) is 10.8 Å². The maximum atomic E-state index is 10.7. The van der Waals surface area contributed by atoms with Crippen molar-refractivity contribution in [3.05, 3.63) is 38.4 Å². The van der Waals surface area contributed by atoms with Crippen LogP contribution < -0.4 is 4.74 Å². The van der Waals surface area contributed by atoms with Gasteiger partial charge in [-0.1, -0.05) is 6.07 Å². The number of rotatable bonds is 3. The van der Waals surface area contributed by atoms with E-state index in [4.69, 9.17) is 4.74 Å². The van der Waals surface area contributed by atoms with Gasteiger partial charge < -0.3 is 4.74 Å². The topological polar surface area (TPSA) is 95.5 Å². The van der Waals surface area contributed by atoms with Crippen molar-refractivity contribution < 1.29 is 14.6 Å². The zero-order chi connectivity index (χ0) is 12.3. The fourth-order valence-electron chi connectivity index (χ4n) is 1.08. The molecule has 7 nitrogen and oxygen atoms in total. The van der Waals surface area contributed by atoms with E-state index >= 15 is 0 Å². The average molecular weight is 242 g/mol. The number of hydrogen-bond donors (Lipinski definition) is 0. The fraction of sp³-hybridized carbons (Fsp3) is 0.125. The SMILES string of the molecule is CC(=S)Oc1cccc([N+](=O)[O-])c1[N+](=O)[O-]. The van der Waals surface area contributed by atoms with Crippen molar-refractivity contribution in [1.82, 2.24) is 0 Å². The van der Waals surface area contributed by atoms with Crippen molar-refractivity contribution in [1.29, 1.82) is 0 Å². The van der Waals surface area contributed by atoms with Gasteiger partial charge in [0.1, 0.15) is 0 Å². The Morgan fingerprint density at radius 1 is 1.31 bits per heavy atom. The molecule has 0 aromatic heterocycles. The quantitative estimate of drug-likeness (QED) is 0.458. The third-order valence-corrected chi connectivity index (χ3v) is 1.69. The number of thiocarbonyl (C=S) groups is 1. The molecule has 0 unspecified atom stereocenters. The molecule has 0 radical (unpaired) electrons. The van der Waals surface area contributed by atoms with Crippen molar-refractivity contribution in [3.63, 3.8) is 0 Å². The van der Waals surface area contributed by atoms with E-state index in [1.54, 1.807) is 0 Å². The summed E-state index contributed by atoms with van der Waals surface area (Å²) in [5.74, 6) is -0.230. The van der Waals surface area contributed by atoms with Crippen LogP contribution in [0.2, 0.25) is 0 Å². The Labute approximate surface area is 94.9 Å². The van der Waals surface area contributed by atoms with Crippen molar-refractivity contribution in [2.45, 2.75) is 6.92 Å². The number of para-hydroxylation sites is 1. The summed E-state index contributed by atoms with van der Waals surface area (Å²) in [5.41, 5.74) is -1.32. The standard InChI is InChI=1S/C8H6N2O5S/c1-5(16)15-7-4-2-3-6(9(11)12)8(7)10(13)14/h2-4H,1H3. The van der Waals surface area contributed by atoms with Gasteiger partial charge in [-0.25, -0.2) is 0 Å². The summed E-state index contributed by atoms with van der Waals surface area (Å²) >= 11 is 4.62. The molecule has 16 heavy (non-hydrogen) atoms. The van der Waals surface area contributed by atoms with Crippen molar-refractivity contribution in [2.75, 3.05) is 0 Å². The van der Waals surface area contributed by atoms with Crippen LogP contribution in [0.5, 0.6) is 5.75 Å². The van der Waals surface area contributed by atoms with Gasteiger partial charge in [-0.2, -0.15) is 0 Å². The monoisotopic (exact) mass is 242 g/mol. The first-order valence-electron chi connectivity index (χ1n) is 4.03. The summed E-state index contributed by atoms with van der Waals surface area (Å²) in [5, 5.41) is 21.3. The molecular weight excluding hydrogens is 236 g/mol.